The number of phenols is 1. The minimum Gasteiger partial charge on any atom is -0.506 e. The molecule has 66 valence electrons. The van der Waals surface area contributed by atoms with Gasteiger partial charge in [-0.15, -0.1) is 0 Å². The van der Waals surface area contributed by atoms with E-state index in [2.05, 4.69) is 0 Å². The summed E-state index contributed by atoms with van der Waals surface area (Å²) in [6, 6.07) is 1.62. The van der Waals surface area contributed by atoms with E-state index in [1.54, 1.807) is 13.0 Å². The largest absolute Gasteiger partial charge is 0.506 e. The molecule has 0 bridgehead atoms. The number of phenolic OH excluding ortho intramolecular Hbond substituents is 1. The molecule has 12 heavy (non-hydrogen) atoms. The SMILES string of the molecule is Cc1c(Cl)cc(CN)c(O)c1Cl. The summed E-state index contributed by atoms with van der Waals surface area (Å²) in [5.41, 5.74) is 6.60. The monoisotopic (exact) mass is 205 g/mol. The van der Waals surface area contributed by atoms with Gasteiger partial charge >= 0.3 is 0 Å². The van der Waals surface area contributed by atoms with Crippen LogP contribution in [0.15, 0.2) is 6.07 Å². The quantitative estimate of drug-likeness (QED) is 0.741. The average molecular weight is 206 g/mol. The number of hydrogen-bond donors (Lipinski definition) is 2. The highest BCUT2D eigenvalue weighted by Crippen LogP contribution is 2.34. The zero-order valence-electron chi connectivity index (χ0n) is 6.56. The fourth-order valence-corrected chi connectivity index (χ4v) is 1.41. The summed E-state index contributed by atoms with van der Waals surface area (Å²) in [4.78, 5) is 0. The van der Waals surface area contributed by atoms with Gasteiger partial charge in [0.15, 0.2) is 0 Å². The van der Waals surface area contributed by atoms with Crippen LogP contribution in [-0.2, 0) is 6.54 Å². The van der Waals surface area contributed by atoms with E-state index in [1.807, 2.05) is 0 Å². The highest BCUT2D eigenvalue weighted by Gasteiger charge is 2.10. The molecule has 1 aromatic carbocycles. The molecule has 0 aliphatic heterocycles. The summed E-state index contributed by atoms with van der Waals surface area (Å²) in [5, 5.41) is 10.2. The lowest BCUT2D eigenvalue weighted by Crippen LogP contribution is -1.97. The lowest BCUT2D eigenvalue weighted by molar-refractivity contribution is 0.468. The lowest BCUT2D eigenvalue weighted by atomic mass is 10.1. The first kappa shape index (κ1) is 9.65. The van der Waals surface area contributed by atoms with E-state index in [0.29, 0.717) is 16.1 Å². The third-order valence-corrected chi connectivity index (χ3v) is 2.58. The maximum atomic E-state index is 9.43. The fraction of sp³-hybridized carbons (Fsp3) is 0.250. The second kappa shape index (κ2) is 3.52. The number of hydrogen-bond acceptors (Lipinski definition) is 2. The molecular weight excluding hydrogens is 197 g/mol. The maximum absolute atomic E-state index is 9.43. The molecule has 0 fully saturated rings. The Balaban J connectivity index is 3.39. The van der Waals surface area contributed by atoms with Gasteiger partial charge in [0, 0.05) is 17.1 Å². The molecule has 0 radical (unpaired) electrons. The Hall–Kier alpha value is -0.440. The Labute approximate surface area is 80.9 Å². The minimum atomic E-state index is 0.0288. The first-order valence-corrected chi connectivity index (χ1v) is 4.20. The molecule has 0 atom stereocenters. The molecule has 0 unspecified atom stereocenters. The van der Waals surface area contributed by atoms with Gasteiger partial charge in [0.05, 0.1) is 5.02 Å². The topological polar surface area (TPSA) is 46.2 Å². The molecule has 3 N–H and O–H groups in total. The standard InChI is InChI=1S/C8H9Cl2NO/c1-4-6(9)2-5(3-11)8(12)7(4)10/h2,12H,3,11H2,1H3. The van der Waals surface area contributed by atoms with E-state index < -0.39 is 0 Å². The summed E-state index contributed by atoms with van der Waals surface area (Å²) in [7, 11) is 0. The molecule has 0 heterocycles. The summed E-state index contributed by atoms with van der Waals surface area (Å²) in [5.74, 6) is 0.0288. The van der Waals surface area contributed by atoms with Crippen molar-refractivity contribution in [2.24, 2.45) is 5.73 Å². The van der Waals surface area contributed by atoms with Gasteiger partial charge in [-0.2, -0.15) is 0 Å². The van der Waals surface area contributed by atoms with E-state index in [4.69, 9.17) is 28.9 Å². The Bertz CT molecular complexity index is 312. The zero-order chi connectivity index (χ0) is 9.30. The highest BCUT2D eigenvalue weighted by atomic mass is 35.5. The van der Waals surface area contributed by atoms with Crippen LogP contribution in [0, 0.1) is 6.92 Å². The third-order valence-electron chi connectivity index (χ3n) is 1.72. The van der Waals surface area contributed by atoms with Crippen molar-refractivity contribution in [2.75, 3.05) is 0 Å². The molecule has 0 aromatic heterocycles. The molecule has 0 aliphatic carbocycles. The second-order valence-corrected chi connectivity index (χ2v) is 3.29. The van der Waals surface area contributed by atoms with Crippen LogP contribution in [0.5, 0.6) is 5.75 Å². The highest BCUT2D eigenvalue weighted by molar-refractivity contribution is 6.37. The van der Waals surface area contributed by atoms with Crippen LogP contribution >= 0.6 is 23.2 Å². The van der Waals surface area contributed by atoms with Gasteiger partial charge in [0.25, 0.3) is 0 Å². The van der Waals surface area contributed by atoms with Crippen LogP contribution in [-0.4, -0.2) is 5.11 Å². The molecule has 4 heteroatoms. The van der Waals surface area contributed by atoms with Gasteiger partial charge in [-0.3, -0.25) is 0 Å². The number of rotatable bonds is 1. The molecule has 0 spiro atoms. The van der Waals surface area contributed by atoms with E-state index in [1.165, 1.54) is 0 Å². The Morgan fingerprint density at radius 1 is 1.50 bits per heavy atom. The molecule has 1 aromatic rings. The first-order valence-electron chi connectivity index (χ1n) is 3.44. The van der Waals surface area contributed by atoms with Crippen molar-refractivity contribution < 1.29 is 5.11 Å². The van der Waals surface area contributed by atoms with Crippen LogP contribution in [0.1, 0.15) is 11.1 Å². The molecular formula is C8H9Cl2NO. The number of halogens is 2. The van der Waals surface area contributed by atoms with Gasteiger partial charge in [-0.25, -0.2) is 0 Å². The van der Waals surface area contributed by atoms with Crippen molar-refractivity contribution in [1.29, 1.82) is 0 Å². The molecule has 0 saturated heterocycles. The van der Waals surface area contributed by atoms with Gasteiger partial charge in [0.1, 0.15) is 5.75 Å². The van der Waals surface area contributed by atoms with E-state index >= 15 is 0 Å². The number of benzene rings is 1. The first-order chi connectivity index (χ1) is 5.57. The Morgan fingerprint density at radius 2 is 2.08 bits per heavy atom. The molecule has 0 amide bonds. The molecule has 2 nitrogen and oxygen atoms in total. The van der Waals surface area contributed by atoms with Gasteiger partial charge < -0.3 is 10.8 Å². The predicted octanol–water partition coefficient (Wildman–Crippen LogP) is 2.47. The normalized spacial score (nSPS) is 10.3. The molecule has 0 saturated carbocycles. The van der Waals surface area contributed by atoms with Crippen molar-refractivity contribution in [1.82, 2.24) is 0 Å². The third kappa shape index (κ3) is 1.51. The molecule has 0 aliphatic rings. The van der Waals surface area contributed by atoms with Crippen molar-refractivity contribution in [2.45, 2.75) is 13.5 Å². The van der Waals surface area contributed by atoms with Crippen LogP contribution in [0.3, 0.4) is 0 Å². The number of nitrogens with two attached hydrogens (primary N) is 1. The smallest absolute Gasteiger partial charge is 0.139 e. The predicted molar refractivity (Wildman–Crippen MR) is 50.8 cm³/mol. The van der Waals surface area contributed by atoms with Gasteiger partial charge in [-0.05, 0) is 18.6 Å². The zero-order valence-corrected chi connectivity index (χ0v) is 8.08. The summed E-state index contributed by atoms with van der Waals surface area (Å²) in [6.45, 7) is 1.97. The lowest BCUT2D eigenvalue weighted by Gasteiger charge is -2.07. The van der Waals surface area contributed by atoms with Gasteiger partial charge in [-0.1, -0.05) is 23.2 Å². The van der Waals surface area contributed by atoms with Crippen molar-refractivity contribution in [3.63, 3.8) is 0 Å². The van der Waals surface area contributed by atoms with E-state index in [9.17, 15) is 5.11 Å². The second-order valence-electron chi connectivity index (χ2n) is 2.51. The van der Waals surface area contributed by atoms with Gasteiger partial charge in [0.2, 0.25) is 0 Å². The Kier molecular flexibility index (Phi) is 2.83. The summed E-state index contributed by atoms with van der Waals surface area (Å²) >= 11 is 11.6. The van der Waals surface area contributed by atoms with E-state index in [-0.39, 0.29) is 17.3 Å². The minimum absolute atomic E-state index is 0.0288. The number of aromatic hydroxyl groups is 1. The fourth-order valence-electron chi connectivity index (χ4n) is 0.909. The summed E-state index contributed by atoms with van der Waals surface area (Å²) in [6.07, 6.45) is 0. The average Bonchev–Trinajstić information content (AvgIpc) is 2.08. The summed E-state index contributed by atoms with van der Waals surface area (Å²) < 4.78 is 0. The van der Waals surface area contributed by atoms with Crippen LogP contribution in [0.25, 0.3) is 0 Å². The Morgan fingerprint density at radius 3 is 2.58 bits per heavy atom. The maximum Gasteiger partial charge on any atom is 0.139 e. The van der Waals surface area contributed by atoms with Crippen molar-refractivity contribution in [3.8, 4) is 5.75 Å². The van der Waals surface area contributed by atoms with Crippen LogP contribution < -0.4 is 5.73 Å². The van der Waals surface area contributed by atoms with Crippen LogP contribution in [0.2, 0.25) is 10.0 Å². The van der Waals surface area contributed by atoms with E-state index in [0.717, 1.165) is 0 Å². The van der Waals surface area contributed by atoms with Crippen molar-refractivity contribution >= 4 is 23.2 Å². The van der Waals surface area contributed by atoms with Crippen molar-refractivity contribution in [3.05, 3.63) is 27.2 Å². The molecule has 1 rings (SSSR count). The van der Waals surface area contributed by atoms with Crippen LogP contribution in [0.4, 0.5) is 0 Å².